The number of amides is 2. The van der Waals surface area contributed by atoms with Gasteiger partial charge in [-0.2, -0.15) is 0 Å². The van der Waals surface area contributed by atoms with Gasteiger partial charge in [0.2, 0.25) is 0 Å². The monoisotopic (exact) mass is 214 g/mol. The summed E-state index contributed by atoms with van der Waals surface area (Å²) in [6.45, 7) is 2.36. The lowest BCUT2D eigenvalue weighted by molar-refractivity contribution is -0.139. The first-order chi connectivity index (χ1) is 7.13. The summed E-state index contributed by atoms with van der Waals surface area (Å²) in [6.07, 6.45) is 3.91. The van der Waals surface area contributed by atoms with Gasteiger partial charge in [-0.3, -0.25) is 0 Å². The highest BCUT2D eigenvalue weighted by atomic mass is 16.4. The van der Waals surface area contributed by atoms with E-state index in [2.05, 4.69) is 10.6 Å². The van der Waals surface area contributed by atoms with Crippen LogP contribution in [0.2, 0.25) is 0 Å². The van der Waals surface area contributed by atoms with Crippen molar-refractivity contribution in [3.8, 4) is 0 Å². The summed E-state index contributed by atoms with van der Waals surface area (Å²) in [7, 11) is 0. The predicted octanol–water partition coefficient (Wildman–Crippen LogP) is 0.949. The minimum Gasteiger partial charge on any atom is -0.480 e. The van der Waals surface area contributed by atoms with Gasteiger partial charge in [0.05, 0.1) is 0 Å². The Morgan fingerprint density at radius 2 is 2.13 bits per heavy atom. The Hall–Kier alpha value is -1.26. The zero-order valence-electron chi connectivity index (χ0n) is 8.95. The molecule has 1 saturated carbocycles. The van der Waals surface area contributed by atoms with Crippen molar-refractivity contribution in [2.75, 3.05) is 6.54 Å². The molecule has 0 aromatic rings. The van der Waals surface area contributed by atoms with E-state index in [-0.39, 0.29) is 6.03 Å². The summed E-state index contributed by atoms with van der Waals surface area (Å²) in [4.78, 5) is 21.8. The van der Waals surface area contributed by atoms with Crippen LogP contribution in [0.1, 0.15) is 32.6 Å². The SMILES string of the molecule is CCC(NC(=O)NCCC1CC1)C(=O)O. The van der Waals surface area contributed by atoms with Crippen molar-refractivity contribution in [1.82, 2.24) is 10.6 Å². The van der Waals surface area contributed by atoms with Crippen molar-refractivity contribution in [1.29, 1.82) is 0 Å². The van der Waals surface area contributed by atoms with Crippen molar-refractivity contribution in [3.63, 3.8) is 0 Å². The van der Waals surface area contributed by atoms with Crippen LogP contribution in [0.15, 0.2) is 0 Å². The number of hydrogen-bond donors (Lipinski definition) is 3. The van der Waals surface area contributed by atoms with Gasteiger partial charge in [0.25, 0.3) is 0 Å². The molecule has 0 aromatic heterocycles. The summed E-state index contributed by atoms with van der Waals surface area (Å²) in [5, 5.41) is 13.8. The fraction of sp³-hybridized carbons (Fsp3) is 0.800. The number of aliphatic carboxylic acids is 1. The molecule has 15 heavy (non-hydrogen) atoms. The molecule has 1 fully saturated rings. The summed E-state index contributed by atoms with van der Waals surface area (Å²) >= 11 is 0. The first-order valence-corrected chi connectivity index (χ1v) is 5.40. The summed E-state index contributed by atoms with van der Waals surface area (Å²) in [6, 6.07) is -1.17. The number of carboxylic acid groups (broad SMARTS) is 1. The quantitative estimate of drug-likeness (QED) is 0.616. The molecule has 0 saturated heterocycles. The van der Waals surface area contributed by atoms with Crippen molar-refractivity contribution >= 4 is 12.0 Å². The summed E-state index contributed by atoms with van der Waals surface area (Å²) in [5.41, 5.74) is 0. The molecule has 5 heteroatoms. The molecule has 86 valence electrons. The highest BCUT2D eigenvalue weighted by molar-refractivity contribution is 5.82. The van der Waals surface area contributed by atoms with Gasteiger partial charge in [-0.05, 0) is 18.8 Å². The van der Waals surface area contributed by atoms with Gasteiger partial charge in [-0.1, -0.05) is 19.8 Å². The molecule has 1 unspecified atom stereocenters. The van der Waals surface area contributed by atoms with Crippen molar-refractivity contribution < 1.29 is 14.7 Å². The standard InChI is InChI=1S/C10H18N2O3/c1-2-8(9(13)14)12-10(15)11-6-5-7-3-4-7/h7-8H,2-6H2,1H3,(H,13,14)(H2,11,12,15). The maximum absolute atomic E-state index is 11.2. The van der Waals surface area contributed by atoms with E-state index in [4.69, 9.17) is 5.11 Å². The molecule has 0 bridgehead atoms. The predicted molar refractivity (Wildman–Crippen MR) is 55.6 cm³/mol. The fourth-order valence-corrected chi connectivity index (χ4v) is 1.34. The Bertz CT molecular complexity index is 239. The van der Waals surface area contributed by atoms with Crippen molar-refractivity contribution in [2.45, 2.75) is 38.6 Å². The zero-order chi connectivity index (χ0) is 11.3. The van der Waals surface area contributed by atoms with Crippen molar-refractivity contribution in [3.05, 3.63) is 0 Å². The Morgan fingerprint density at radius 1 is 1.47 bits per heavy atom. The Kier molecular flexibility index (Phi) is 4.39. The number of carbonyl (C=O) groups is 2. The largest absolute Gasteiger partial charge is 0.480 e. The molecule has 0 radical (unpaired) electrons. The van der Waals surface area contributed by atoms with Crippen LogP contribution in [0.4, 0.5) is 4.79 Å². The highest BCUT2D eigenvalue weighted by Gasteiger charge is 2.21. The van der Waals surface area contributed by atoms with Crippen LogP contribution in [0.25, 0.3) is 0 Å². The smallest absolute Gasteiger partial charge is 0.326 e. The van der Waals surface area contributed by atoms with Crippen LogP contribution in [0.5, 0.6) is 0 Å². The van der Waals surface area contributed by atoms with Gasteiger partial charge in [0, 0.05) is 6.54 Å². The van der Waals surface area contributed by atoms with Gasteiger partial charge in [0.1, 0.15) is 6.04 Å². The van der Waals surface area contributed by atoms with E-state index in [0.717, 1.165) is 12.3 Å². The van der Waals surface area contributed by atoms with Gasteiger partial charge in [-0.15, -0.1) is 0 Å². The lowest BCUT2D eigenvalue weighted by atomic mass is 10.2. The van der Waals surface area contributed by atoms with E-state index in [1.54, 1.807) is 6.92 Å². The normalized spacial score (nSPS) is 16.9. The second-order valence-corrected chi connectivity index (χ2v) is 3.93. The summed E-state index contributed by atoms with van der Waals surface area (Å²) < 4.78 is 0. The molecule has 1 aliphatic carbocycles. The maximum Gasteiger partial charge on any atom is 0.326 e. The summed E-state index contributed by atoms with van der Waals surface area (Å²) in [5.74, 6) is -0.221. The molecule has 2 amide bonds. The minimum absolute atomic E-state index is 0.384. The van der Waals surface area contributed by atoms with E-state index in [0.29, 0.717) is 13.0 Å². The van der Waals surface area contributed by atoms with Crippen LogP contribution >= 0.6 is 0 Å². The number of nitrogens with one attached hydrogen (secondary N) is 2. The second-order valence-electron chi connectivity index (χ2n) is 3.93. The lowest BCUT2D eigenvalue weighted by Gasteiger charge is -2.12. The third kappa shape index (κ3) is 4.67. The third-order valence-corrected chi connectivity index (χ3v) is 2.55. The fourth-order valence-electron chi connectivity index (χ4n) is 1.34. The number of carbonyl (C=O) groups excluding carboxylic acids is 1. The first-order valence-electron chi connectivity index (χ1n) is 5.40. The van der Waals surface area contributed by atoms with Crippen LogP contribution in [-0.4, -0.2) is 29.7 Å². The molecule has 5 nitrogen and oxygen atoms in total. The van der Waals surface area contributed by atoms with Crippen LogP contribution in [-0.2, 0) is 4.79 Å². The molecule has 0 aromatic carbocycles. The molecule has 0 heterocycles. The molecule has 0 spiro atoms. The lowest BCUT2D eigenvalue weighted by Crippen LogP contribution is -2.45. The minimum atomic E-state index is -0.991. The Morgan fingerprint density at radius 3 is 2.60 bits per heavy atom. The van der Waals surface area contributed by atoms with Crippen LogP contribution < -0.4 is 10.6 Å². The molecular formula is C10H18N2O3. The molecule has 1 atom stereocenters. The molecular weight excluding hydrogens is 196 g/mol. The Balaban J connectivity index is 2.12. The van der Waals surface area contributed by atoms with E-state index >= 15 is 0 Å². The number of rotatable bonds is 6. The maximum atomic E-state index is 11.2. The second kappa shape index (κ2) is 5.58. The number of urea groups is 1. The van der Waals surface area contributed by atoms with E-state index in [9.17, 15) is 9.59 Å². The van der Waals surface area contributed by atoms with E-state index < -0.39 is 12.0 Å². The number of carboxylic acids is 1. The molecule has 3 N–H and O–H groups in total. The molecule has 0 aliphatic heterocycles. The third-order valence-electron chi connectivity index (χ3n) is 2.55. The van der Waals surface area contributed by atoms with Crippen LogP contribution in [0.3, 0.4) is 0 Å². The van der Waals surface area contributed by atoms with Gasteiger partial charge in [-0.25, -0.2) is 9.59 Å². The Labute approximate surface area is 89.2 Å². The van der Waals surface area contributed by atoms with E-state index in [1.165, 1.54) is 12.8 Å². The average Bonchev–Trinajstić information content (AvgIpc) is 2.97. The van der Waals surface area contributed by atoms with Gasteiger partial charge in [0.15, 0.2) is 0 Å². The van der Waals surface area contributed by atoms with Gasteiger partial charge < -0.3 is 15.7 Å². The molecule has 1 rings (SSSR count). The first kappa shape index (κ1) is 11.8. The van der Waals surface area contributed by atoms with Crippen LogP contribution in [0, 0.1) is 5.92 Å². The zero-order valence-corrected chi connectivity index (χ0v) is 8.95. The topological polar surface area (TPSA) is 78.4 Å². The van der Waals surface area contributed by atoms with E-state index in [1.807, 2.05) is 0 Å². The number of hydrogen-bond acceptors (Lipinski definition) is 2. The molecule has 1 aliphatic rings. The average molecular weight is 214 g/mol. The van der Waals surface area contributed by atoms with Crippen molar-refractivity contribution in [2.24, 2.45) is 5.92 Å². The van der Waals surface area contributed by atoms with Gasteiger partial charge >= 0.3 is 12.0 Å². The highest BCUT2D eigenvalue weighted by Crippen LogP contribution is 2.31.